The van der Waals surface area contributed by atoms with Gasteiger partial charge in [0.2, 0.25) is 0 Å². The summed E-state index contributed by atoms with van der Waals surface area (Å²) in [7, 11) is 0. The number of carbonyl (C=O) groups is 1. The molecule has 0 aromatic carbocycles. The minimum absolute atomic E-state index is 0.0496. The number of aliphatic imine (C=N–C) groups is 1. The zero-order chi connectivity index (χ0) is 20.6. The Balaban J connectivity index is 2.33. The molecule has 0 spiro atoms. The SMILES string of the molecule is CCNC(=NCC(CC(C)C)NC(=O)OCC)NCCCOCC1CCOC1. The van der Waals surface area contributed by atoms with Crippen LogP contribution in [0.25, 0.3) is 0 Å². The Morgan fingerprint density at radius 2 is 2.11 bits per heavy atom. The van der Waals surface area contributed by atoms with Crippen molar-refractivity contribution in [2.24, 2.45) is 16.8 Å². The van der Waals surface area contributed by atoms with Crippen molar-refractivity contribution in [1.82, 2.24) is 16.0 Å². The van der Waals surface area contributed by atoms with Crippen LogP contribution in [0, 0.1) is 11.8 Å². The molecular formula is C20H40N4O4. The summed E-state index contributed by atoms with van der Waals surface area (Å²) in [4.78, 5) is 16.4. The van der Waals surface area contributed by atoms with Crippen molar-refractivity contribution in [3.63, 3.8) is 0 Å². The Bertz CT molecular complexity index is 440. The van der Waals surface area contributed by atoms with Gasteiger partial charge in [-0.15, -0.1) is 0 Å². The van der Waals surface area contributed by atoms with Crippen LogP contribution in [0.15, 0.2) is 4.99 Å². The summed E-state index contributed by atoms with van der Waals surface area (Å²) in [5, 5.41) is 9.47. The van der Waals surface area contributed by atoms with Gasteiger partial charge >= 0.3 is 6.09 Å². The van der Waals surface area contributed by atoms with Crippen LogP contribution >= 0.6 is 0 Å². The number of rotatable bonds is 13. The number of carbonyl (C=O) groups excluding carboxylic acids is 1. The van der Waals surface area contributed by atoms with Crippen molar-refractivity contribution in [2.75, 3.05) is 52.7 Å². The molecule has 1 aliphatic rings. The van der Waals surface area contributed by atoms with E-state index >= 15 is 0 Å². The summed E-state index contributed by atoms with van der Waals surface area (Å²) in [5.41, 5.74) is 0. The maximum atomic E-state index is 11.7. The van der Waals surface area contributed by atoms with Crippen molar-refractivity contribution in [3.8, 4) is 0 Å². The number of amides is 1. The molecule has 2 atom stereocenters. The average Bonchev–Trinajstić information content (AvgIpc) is 3.15. The van der Waals surface area contributed by atoms with Gasteiger partial charge in [-0.2, -0.15) is 0 Å². The first-order valence-electron chi connectivity index (χ1n) is 10.7. The summed E-state index contributed by atoms with van der Waals surface area (Å²) < 4.78 is 16.1. The van der Waals surface area contributed by atoms with E-state index in [1.54, 1.807) is 6.92 Å². The lowest BCUT2D eigenvalue weighted by molar-refractivity contribution is 0.0888. The van der Waals surface area contributed by atoms with Gasteiger partial charge in [0.1, 0.15) is 0 Å². The summed E-state index contributed by atoms with van der Waals surface area (Å²) >= 11 is 0. The molecule has 1 heterocycles. The number of guanidine groups is 1. The van der Waals surface area contributed by atoms with Gasteiger partial charge in [-0.1, -0.05) is 13.8 Å². The second-order valence-corrected chi connectivity index (χ2v) is 7.50. The maximum Gasteiger partial charge on any atom is 0.407 e. The lowest BCUT2D eigenvalue weighted by Crippen LogP contribution is -2.42. The van der Waals surface area contributed by atoms with Crippen molar-refractivity contribution in [1.29, 1.82) is 0 Å². The fourth-order valence-corrected chi connectivity index (χ4v) is 2.98. The fraction of sp³-hybridized carbons (Fsp3) is 0.900. The first-order chi connectivity index (χ1) is 13.5. The lowest BCUT2D eigenvalue weighted by Gasteiger charge is -2.19. The van der Waals surface area contributed by atoms with Crippen molar-refractivity contribution in [2.45, 2.75) is 53.0 Å². The van der Waals surface area contributed by atoms with Crippen LogP contribution < -0.4 is 16.0 Å². The van der Waals surface area contributed by atoms with E-state index in [0.717, 1.165) is 64.7 Å². The smallest absolute Gasteiger partial charge is 0.407 e. The number of alkyl carbamates (subject to hydrolysis) is 1. The minimum Gasteiger partial charge on any atom is -0.450 e. The zero-order valence-corrected chi connectivity index (χ0v) is 18.1. The van der Waals surface area contributed by atoms with Crippen LogP contribution in [0.3, 0.4) is 0 Å². The molecule has 8 nitrogen and oxygen atoms in total. The molecule has 3 N–H and O–H groups in total. The lowest BCUT2D eigenvalue weighted by atomic mass is 10.0. The summed E-state index contributed by atoms with van der Waals surface area (Å²) in [6.45, 7) is 13.7. The third-order valence-corrected chi connectivity index (χ3v) is 4.30. The fourth-order valence-electron chi connectivity index (χ4n) is 2.98. The molecule has 0 radical (unpaired) electrons. The molecule has 0 aliphatic carbocycles. The minimum atomic E-state index is -0.383. The highest BCUT2D eigenvalue weighted by atomic mass is 16.5. The monoisotopic (exact) mass is 400 g/mol. The first-order valence-corrected chi connectivity index (χ1v) is 10.7. The van der Waals surface area contributed by atoms with E-state index in [0.29, 0.717) is 25.0 Å². The summed E-state index contributed by atoms with van der Waals surface area (Å²) in [5.74, 6) is 1.77. The summed E-state index contributed by atoms with van der Waals surface area (Å²) in [6, 6.07) is -0.0496. The van der Waals surface area contributed by atoms with E-state index in [1.807, 2.05) is 6.92 Å². The normalized spacial score (nSPS) is 18.2. The Morgan fingerprint density at radius 3 is 2.75 bits per heavy atom. The number of nitrogens with zero attached hydrogens (tertiary/aromatic N) is 1. The Kier molecular flexibility index (Phi) is 13.5. The van der Waals surface area contributed by atoms with Gasteiger partial charge < -0.3 is 30.2 Å². The van der Waals surface area contributed by atoms with Crippen LogP contribution in [0.2, 0.25) is 0 Å². The van der Waals surface area contributed by atoms with E-state index in [-0.39, 0.29) is 12.1 Å². The number of ether oxygens (including phenoxy) is 3. The molecule has 0 aromatic heterocycles. The zero-order valence-electron chi connectivity index (χ0n) is 18.1. The molecule has 1 fully saturated rings. The third-order valence-electron chi connectivity index (χ3n) is 4.30. The Labute approximate surface area is 170 Å². The first kappa shape index (κ1) is 24.5. The predicted octanol–water partition coefficient (Wildman–Crippen LogP) is 2.15. The highest BCUT2D eigenvalue weighted by Crippen LogP contribution is 2.12. The van der Waals surface area contributed by atoms with Crippen LogP contribution in [0.1, 0.15) is 47.0 Å². The van der Waals surface area contributed by atoms with Crippen LogP contribution in [-0.2, 0) is 14.2 Å². The standard InChI is InChI=1S/C20H40N4O4/c1-5-21-19(22-9-7-10-26-14-17-8-11-27-15-17)23-13-18(12-16(3)4)24-20(25)28-6-2/h16-18H,5-15H2,1-4H3,(H,24,25)(H2,21,22,23). The van der Waals surface area contributed by atoms with Crippen LogP contribution in [0.4, 0.5) is 4.79 Å². The third kappa shape index (κ3) is 12.0. The van der Waals surface area contributed by atoms with Crippen LogP contribution in [0.5, 0.6) is 0 Å². The molecule has 28 heavy (non-hydrogen) atoms. The maximum absolute atomic E-state index is 11.7. The quantitative estimate of drug-likeness (QED) is 0.249. The van der Waals surface area contributed by atoms with Gasteiger partial charge in [0.05, 0.1) is 32.4 Å². The van der Waals surface area contributed by atoms with Gasteiger partial charge in [-0.3, -0.25) is 4.99 Å². The highest BCUT2D eigenvalue weighted by molar-refractivity contribution is 5.79. The molecular weight excluding hydrogens is 360 g/mol. The second kappa shape index (κ2) is 15.4. The predicted molar refractivity (Wildman–Crippen MR) is 112 cm³/mol. The molecule has 8 heteroatoms. The molecule has 164 valence electrons. The second-order valence-electron chi connectivity index (χ2n) is 7.50. The van der Waals surface area contributed by atoms with Crippen LogP contribution in [-0.4, -0.2) is 70.8 Å². The van der Waals surface area contributed by atoms with E-state index in [1.165, 1.54) is 0 Å². The molecule has 1 amide bonds. The van der Waals surface area contributed by atoms with Gasteiger partial charge in [-0.25, -0.2) is 4.79 Å². The molecule has 0 saturated carbocycles. The van der Waals surface area contributed by atoms with Gasteiger partial charge in [0.25, 0.3) is 0 Å². The van der Waals surface area contributed by atoms with Crippen molar-refractivity contribution in [3.05, 3.63) is 0 Å². The number of hydrogen-bond donors (Lipinski definition) is 3. The van der Waals surface area contributed by atoms with Crippen molar-refractivity contribution < 1.29 is 19.0 Å². The summed E-state index contributed by atoms with van der Waals surface area (Å²) in [6.07, 6.45) is 2.48. The molecule has 2 unspecified atom stereocenters. The van der Waals surface area contributed by atoms with E-state index in [4.69, 9.17) is 14.2 Å². The van der Waals surface area contributed by atoms with E-state index in [2.05, 4.69) is 34.8 Å². The Hall–Kier alpha value is -1.54. The largest absolute Gasteiger partial charge is 0.450 e. The molecule has 0 aromatic rings. The Morgan fingerprint density at radius 1 is 1.29 bits per heavy atom. The number of hydrogen-bond acceptors (Lipinski definition) is 5. The topological polar surface area (TPSA) is 93.2 Å². The van der Waals surface area contributed by atoms with Gasteiger partial charge in [0, 0.05) is 32.2 Å². The van der Waals surface area contributed by atoms with E-state index in [9.17, 15) is 4.79 Å². The molecule has 1 saturated heterocycles. The van der Waals surface area contributed by atoms with Gasteiger partial charge in [-0.05, 0) is 39.0 Å². The average molecular weight is 401 g/mol. The molecule has 1 aliphatic heterocycles. The highest BCUT2D eigenvalue weighted by Gasteiger charge is 2.16. The molecule has 0 bridgehead atoms. The van der Waals surface area contributed by atoms with Crippen molar-refractivity contribution >= 4 is 12.1 Å². The van der Waals surface area contributed by atoms with E-state index < -0.39 is 0 Å². The number of nitrogens with one attached hydrogen (secondary N) is 3. The van der Waals surface area contributed by atoms with Gasteiger partial charge in [0.15, 0.2) is 5.96 Å². The molecule has 1 rings (SSSR count).